The first-order valence-corrected chi connectivity index (χ1v) is 9.65. The fraction of sp³-hybridized carbons (Fsp3) is 0.588. The Morgan fingerprint density at radius 3 is 2.58 bits per heavy atom. The van der Waals surface area contributed by atoms with E-state index in [1.54, 1.807) is 18.0 Å². The Morgan fingerprint density at radius 2 is 1.92 bits per heavy atom. The molecule has 5 nitrogen and oxygen atoms in total. The molecule has 0 radical (unpaired) electrons. The van der Waals surface area contributed by atoms with Crippen molar-refractivity contribution in [2.45, 2.75) is 12.6 Å². The van der Waals surface area contributed by atoms with E-state index in [1.165, 1.54) is 12.1 Å². The van der Waals surface area contributed by atoms with E-state index in [0.29, 0.717) is 5.69 Å². The van der Waals surface area contributed by atoms with Gasteiger partial charge in [-0.25, -0.2) is 4.41 Å². The van der Waals surface area contributed by atoms with Crippen molar-refractivity contribution in [2.24, 2.45) is 5.10 Å². The molecule has 144 valence electrons. The van der Waals surface area contributed by atoms with Crippen LogP contribution in [0.2, 0.25) is 0 Å². The normalized spacial score (nSPS) is 18.8. The van der Waals surface area contributed by atoms with Crippen molar-refractivity contribution < 1.29 is 13.2 Å². The zero-order valence-corrected chi connectivity index (χ0v) is 15.6. The SMILES string of the molecule is CN1C=NN(SCCCN2CCN(c3cccc(C(F)(F)F)c3)CC2)C1. The van der Waals surface area contributed by atoms with Crippen LogP contribution in [0.25, 0.3) is 0 Å². The number of benzene rings is 1. The number of hydrazone groups is 1. The molecule has 26 heavy (non-hydrogen) atoms. The van der Waals surface area contributed by atoms with E-state index in [4.69, 9.17) is 0 Å². The summed E-state index contributed by atoms with van der Waals surface area (Å²) in [5, 5.41) is 4.27. The maximum absolute atomic E-state index is 12.9. The number of rotatable bonds is 6. The molecule has 2 aliphatic heterocycles. The van der Waals surface area contributed by atoms with E-state index < -0.39 is 11.7 Å². The lowest BCUT2D eigenvalue weighted by atomic mass is 10.1. The fourth-order valence-corrected chi connectivity index (χ4v) is 3.89. The molecule has 2 heterocycles. The third-order valence-corrected chi connectivity index (χ3v) is 5.47. The maximum atomic E-state index is 12.9. The summed E-state index contributed by atoms with van der Waals surface area (Å²) in [6.07, 6.45) is -1.40. The minimum absolute atomic E-state index is 0.579. The third kappa shape index (κ3) is 5.20. The number of hydrogen-bond acceptors (Lipinski definition) is 6. The van der Waals surface area contributed by atoms with E-state index >= 15 is 0 Å². The molecule has 9 heteroatoms. The number of halogens is 3. The summed E-state index contributed by atoms with van der Waals surface area (Å²) in [5.74, 6) is 1.01. The molecule has 0 aliphatic carbocycles. The summed E-state index contributed by atoms with van der Waals surface area (Å²) in [4.78, 5) is 6.44. The predicted molar refractivity (Wildman–Crippen MR) is 100 cm³/mol. The summed E-state index contributed by atoms with van der Waals surface area (Å²) >= 11 is 1.73. The third-order valence-electron chi connectivity index (χ3n) is 4.49. The first-order chi connectivity index (χ1) is 12.4. The molecule has 0 atom stereocenters. The number of piperazine rings is 1. The molecule has 0 amide bonds. The lowest BCUT2D eigenvalue weighted by Gasteiger charge is -2.36. The van der Waals surface area contributed by atoms with Crippen LogP contribution in [0.5, 0.6) is 0 Å². The van der Waals surface area contributed by atoms with Crippen molar-refractivity contribution in [3.8, 4) is 0 Å². The van der Waals surface area contributed by atoms with Gasteiger partial charge in [0.25, 0.3) is 0 Å². The first-order valence-electron chi connectivity index (χ1n) is 8.71. The second-order valence-electron chi connectivity index (χ2n) is 6.55. The summed E-state index contributed by atoms with van der Waals surface area (Å²) in [7, 11) is 1.99. The number of anilines is 1. The largest absolute Gasteiger partial charge is 0.416 e. The number of nitrogens with zero attached hydrogens (tertiary/aromatic N) is 5. The second kappa shape index (κ2) is 8.39. The molecule has 0 aromatic heterocycles. The number of alkyl halides is 3. The van der Waals surface area contributed by atoms with Crippen molar-refractivity contribution in [1.29, 1.82) is 0 Å². The first kappa shape index (κ1) is 19.2. The van der Waals surface area contributed by atoms with Gasteiger partial charge < -0.3 is 9.80 Å². The monoisotopic (exact) mass is 387 g/mol. The highest BCUT2D eigenvalue weighted by atomic mass is 32.2. The van der Waals surface area contributed by atoms with Gasteiger partial charge in [-0.05, 0) is 43.1 Å². The van der Waals surface area contributed by atoms with Crippen molar-refractivity contribution in [2.75, 3.05) is 57.1 Å². The molecule has 2 aliphatic rings. The van der Waals surface area contributed by atoms with Crippen molar-refractivity contribution in [3.63, 3.8) is 0 Å². The Hall–Kier alpha value is -1.61. The lowest BCUT2D eigenvalue weighted by molar-refractivity contribution is -0.137. The highest BCUT2D eigenvalue weighted by Gasteiger charge is 2.31. The van der Waals surface area contributed by atoms with Gasteiger partial charge >= 0.3 is 6.18 Å². The molecule has 1 fully saturated rings. The fourth-order valence-electron chi connectivity index (χ4n) is 3.05. The molecule has 0 N–H and O–H groups in total. The van der Waals surface area contributed by atoms with Gasteiger partial charge in [0.15, 0.2) is 0 Å². The van der Waals surface area contributed by atoms with E-state index in [1.807, 2.05) is 27.6 Å². The smallest absolute Gasteiger partial charge is 0.369 e. The van der Waals surface area contributed by atoms with Gasteiger partial charge in [0, 0.05) is 44.7 Å². The molecule has 3 rings (SSSR count). The molecular formula is C17H24F3N5S. The highest BCUT2D eigenvalue weighted by Crippen LogP contribution is 2.31. The van der Waals surface area contributed by atoms with E-state index in [9.17, 15) is 13.2 Å². The zero-order chi connectivity index (χ0) is 18.6. The average molecular weight is 387 g/mol. The summed E-state index contributed by atoms with van der Waals surface area (Å²) < 4.78 is 40.6. The van der Waals surface area contributed by atoms with Crippen LogP contribution in [0, 0.1) is 0 Å². The summed E-state index contributed by atoms with van der Waals surface area (Å²) in [5.41, 5.74) is 0.0794. The van der Waals surface area contributed by atoms with Gasteiger partial charge in [-0.2, -0.15) is 18.3 Å². The molecule has 0 spiro atoms. The summed E-state index contributed by atoms with van der Waals surface area (Å²) in [6.45, 7) is 5.11. The van der Waals surface area contributed by atoms with Gasteiger partial charge in [-0.3, -0.25) is 4.90 Å². The Bertz CT molecular complexity index is 617. The lowest BCUT2D eigenvalue weighted by Crippen LogP contribution is -2.46. The standard InChI is InChI=1S/C17H24F3N5S/c1-22-13-21-25(14-22)26-11-3-6-23-7-9-24(10-8-23)16-5-2-4-15(12-16)17(18,19)20/h2,4-5,12-13H,3,6-11,14H2,1H3. The van der Waals surface area contributed by atoms with Gasteiger partial charge in [0.05, 0.1) is 5.56 Å². The molecule has 1 aromatic carbocycles. The van der Waals surface area contributed by atoms with Gasteiger partial charge in [0.1, 0.15) is 13.0 Å². The van der Waals surface area contributed by atoms with Gasteiger partial charge in [-0.15, -0.1) is 0 Å². The number of hydrogen-bond donors (Lipinski definition) is 0. The van der Waals surface area contributed by atoms with Gasteiger partial charge in [0.2, 0.25) is 0 Å². The molecule has 0 saturated carbocycles. The van der Waals surface area contributed by atoms with E-state index in [0.717, 1.165) is 57.6 Å². The zero-order valence-electron chi connectivity index (χ0n) is 14.8. The van der Waals surface area contributed by atoms with Crippen LogP contribution in [-0.4, -0.2) is 72.7 Å². The quantitative estimate of drug-likeness (QED) is 0.552. The van der Waals surface area contributed by atoms with Crippen LogP contribution in [0.4, 0.5) is 18.9 Å². The van der Waals surface area contributed by atoms with Crippen LogP contribution in [-0.2, 0) is 6.18 Å². The van der Waals surface area contributed by atoms with Crippen LogP contribution in [0.1, 0.15) is 12.0 Å². The molecule has 1 aromatic rings. The maximum Gasteiger partial charge on any atom is 0.416 e. The van der Waals surface area contributed by atoms with Crippen LogP contribution in [0.3, 0.4) is 0 Å². The minimum Gasteiger partial charge on any atom is -0.369 e. The Kier molecular flexibility index (Phi) is 6.18. The Morgan fingerprint density at radius 1 is 1.15 bits per heavy atom. The van der Waals surface area contributed by atoms with Crippen molar-refractivity contribution in [1.82, 2.24) is 14.2 Å². The molecule has 0 bridgehead atoms. The van der Waals surface area contributed by atoms with Crippen molar-refractivity contribution >= 4 is 24.0 Å². The molecule has 0 unspecified atom stereocenters. The van der Waals surface area contributed by atoms with Crippen LogP contribution in [0.15, 0.2) is 29.4 Å². The van der Waals surface area contributed by atoms with Crippen LogP contribution < -0.4 is 4.90 Å². The predicted octanol–water partition coefficient (Wildman–Crippen LogP) is 3.01. The Labute approximate surface area is 156 Å². The minimum atomic E-state index is -4.29. The average Bonchev–Trinajstić information content (AvgIpc) is 3.04. The van der Waals surface area contributed by atoms with Gasteiger partial charge in [-0.1, -0.05) is 6.07 Å². The molecule has 1 saturated heterocycles. The van der Waals surface area contributed by atoms with E-state index in [2.05, 4.69) is 10.0 Å². The van der Waals surface area contributed by atoms with Crippen LogP contribution >= 0.6 is 11.9 Å². The van der Waals surface area contributed by atoms with E-state index in [-0.39, 0.29) is 0 Å². The van der Waals surface area contributed by atoms with Crippen molar-refractivity contribution in [3.05, 3.63) is 29.8 Å². The topological polar surface area (TPSA) is 25.3 Å². The second-order valence-corrected chi connectivity index (χ2v) is 7.63. The highest BCUT2D eigenvalue weighted by molar-refractivity contribution is 7.96. The Balaban J connectivity index is 1.38. The summed E-state index contributed by atoms with van der Waals surface area (Å²) in [6, 6.07) is 5.62. The molecular weight excluding hydrogens is 363 g/mol.